The molecule has 4 rings (SSSR count). The highest BCUT2D eigenvalue weighted by Crippen LogP contribution is 2.25. The SMILES string of the molecule is O=C(CC(=O)O[C@H]1O[C@H](CO)[C@@H](O)[C@H](O)[C@H]1O)Oc1ccc2c(=O)c(-c3ccc(O)cc3)coc2c1. The standard InChI is InChI=1S/C24H22O12/c25-9-17-21(30)22(31)23(32)24(35-17)36-19(28)8-18(27)34-13-5-6-14-16(7-13)33-10-15(20(14)29)11-1-3-12(26)4-2-11/h1-7,10,17,21-26,30-32H,8-9H2/t17-,21-,22+,23-,24-/m1/s1. The van der Waals surface area contributed by atoms with Crippen molar-refractivity contribution in [3.05, 3.63) is 59.0 Å². The Kier molecular flexibility index (Phi) is 7.33. The van der Waals surface area contributed by atoms with Gasteiger partial charge in [0.25, 0.3) is 0 Å². The van der Waals surface area contributed by atoms with Crippen LogP contribution in [-0.2, 0) is 19.1 Å². The zero-order valence-electron chi connectivity index (χ0n) is 18.5. The van der Waals surface area contributed by atoms with Crippen LogP contribution in [0, 0.1) is 0 Å². The van der Waals surface area contributed by atoms with Crippen LogP contribution < -0.4 is 10.2 Å². The van der Waals surface area contributed by atoms with Crippen LogP contribution in [0.5, 0.6) is 11.5 Å². The maximum atomic E-state index is 12.8. The van der Waals surface area contributed by atoms with Crippen molar-refractivity contribution in [1.29, 1.82) is 0 Å². The minimum Gasteiger partial charge on any atom is -0.508 e. The minimum atomic E-state index is -1.81. The number of aliphatic hydroxyl groups is 4. The monoisotopic (exact) mass is 502 g/mol. The number of hydrogen-bond donors (Lipinski definition) is 5. The summed E-state index contributed by atoms with van der Waals surface area (Å²) in [5, 5.41) is 48.2. The molecule has 36 heavy (non-hydrogen) atoms. The van der Waals surface area contributed by atoms with Crippen LogP contribution in [-0.4, -0.2) is 74.8 Å². The van der Waals surface area contributed by atoms with Gasteiger partial charge in [-0.3, -0.25) is 14.4 Å². The molecule has 0 amide bonds. The molecular weight excluding hydrogens is 480 g/mol. The highest BCUT2D eigenvalue weighted by molar-refractivity contribution is 5.92. The summed E-state index contributed by atoms with van der Waals surface area (Å²) in [4.78, 5) is 37.1. The number of benzene rings is 2. The summed E-state index contributed by atoms with van der Waals surface area (Å²) in [5.74, 6) is -2.16. The molecule has 1 aliphatic rings. The number of hydrogen-bond acceptors (Lipinski definition) is 12. The largest absolute Gasteiger partial charge is 0.508 e. The van der Waals surface area contributed by atoms with Crippen molar-refractivity contribution in [2.45, 2.75) is 37.1 Å². The number of phenolic OH excluding ortho intramolecular Hbond substituents is 1. The van der Waals surface area contributed by atoms with E-state index in [1.54, 1.807) is 12.1 Å². The highest BCUT2D eigenvalue weighted by Gasteiger charge is 2.45. The first kappa shape index (κ1) is 25.3. The summed E-state index contributed by atoms with van der Waals surface area (Å²) >= 11 is 0. The number of aliphatic hydroxyl groups excluding tert-OH is 4. The molecule has 12 heteroatoms. The average molecular weight is 502 g/mol. The van der Waals surface area contributed by atoms with E-state index in [1.165, 1.54) is 36.6 Å². The maximum absolute atomic E-state index is 12.8. The summed E-state index contributed by atoms with van der Waals surface area (Å²) in [6.07, 6.45) is -7.85. The maximum Gasteiger partial charge on any atom is 0.322 e. The van der Waals surface area contributed by atoms with E-state index in [1.807, 2.05) is 0 Å². The first-order valence-corrected chi connectivity index (χ1v) is 10.7. The van der Waals surface area contributed by atoms with E-state index >= 15 is 0 Å². The fraction of sp³-hybridized carbons (Fsp3) is 0.292. The lowest BCUT2D eigenvalue weighted by atomic mass is 9.99. The van der Waals surface area contributed by atoms with Crippen molar-refractivity contribution in [2.75, 3.05) is 6.61 Å². The number of carbonyl (C=O) groups excluding carboxylic acids is 2. The number of aromatic hydroxyl groups is 1. The Balaban J connectivity index is 1.41. The molecule has 0 aliphatic carbocycles. The molecule has 2 heterocycles. The van der Waals surface area contributed by atoms with Gasteiger partial charge in [0, 0.05) is 6.07 Å². The summed E-state index contributed by atoms with van der Waals surface area (Å²) < 4.78 is 20.5. The number of ether oxygens (including phenoxy) is 3. The zero-order valence-corrected chi connectivity index (χ0v) is 18.5. The Labute approximate surface area is 202 Å². The summed E-state index contributed by atoms with van der Waals surface area (Å²) in [6, 6.07) is 10.0. The molecule has 5 atom stereocenters. The van der Waals surface area contributed by atoms with Gasteiger partial charge in [-0.1, -0.05) is 12.1 Å². The topological polar surface area (TPSA) is 193 Å². The van der Waals surface area contributed by atoms with Crippen LogP contribution in [0.3, 0.4) is 0 Å². The van der Waals surface area contributed by atoms with Crippen molar-refractivity contribution < 1.29 is 53.7 Å². The lowest BCUT2D eigenvalue weighted by Gasteiger charge is -2.39. The van der Waals surface area contributed by atoms with E-state index < -0.39 is 55.7 Å². The van der Waals surface area contributed by atoms with Crippen LogP contribution in [0.1, 0.15) is 6.42 Å². The van der Waals surface area contributed by atoms with Gasteiger partial charge in [0.05, 0.1) is 17.6 Å². The van der Waals surface area contributed by atoms with Gasteiger partial charge in [0.2, 0.25) is 6.29 Å². The molecule has 190 valence electrons. The Morgan fingerprint density at radius 2 is 1.67 bits per heavy atom. The summed E-state index contributed by atoms with van der Waals surface area (Å²) in [7, 11) is 0. The van der Waals surface area contributed by atoms with Gasteiger partial charge in [-0.05, 0) is 29.8 Å². The molecule has 0 spiro atoms. The molecule has 0 saturated carbocycles. The van der Waals surface area contributed by atoms with Crippen LogP contribution in [0.4, 0.5) is 0 Å². The molecule has 1 aromatic heterocycles. The van der Waals surface area contributed by atoms with Gasteiger partial charge >= 0.3 is 11.9 Å². The van der Waals surface area contributed by atoms with E-state index in [4.69, 9.17) is 18.6 Å². The van der Waals surface area contributed by atoms with E-state index in [2.05, 4.69) is 0 Å². The smallest absolute Gasteiger partial charge is 0.322 e. The third-order valence-electron chi connectivity index (χ3n) is 5.54. The number of phenols is 1. The predicted molar refractivity (Wildman–Crippen MR) is 120 cm³/mol. The minimum absolute atomic E-state index is 0.0197. The van der Waals surface area contributed by atoms with E-state index in [0.717, 1.165) is 0 Å². The van der Waals surface area contributed by atoms with E-state index in [9.17, 15) is 39.9 Å². The summed E-state index contributed by atoms with van der Waals surface area (Å²) in [6.45, 7) is -0.713. The molecule has 0 radical (unpaired) electrons. The number of esters is 2. The summed E-state index contributed by atoms with van der Waals surface area (Å²) in [5.41, 5.74) is 0.583. The van der Waals surface area contributed by atoms with Crippen molar-refractivity contribution in [2.24, 2.45) is 0 Å². The molecular formula is C24H22O12. The third kappa shape index (κ3) is 5.22. The Morgan fingerprint density at radius 1 is 0.944 bits per heavy atom. The molecule has 0 bridgehead atoms. The fourth-order valence-electron chi connectivity index (χ4n) is 3.63. The average Bonchev–Trinajstić information content (AvgIpc) is 2.85. The van der Waals surface area contributed by atoms with E-state index in [-0.39, 0.29) is 33.5 Å². The lowest BCUT2D eigenvalue weighted by Crippen LogP contribution is -2.59. The Bertz CT molecular complexity index is 1310. The van der Waals surface area contributed by atoms with Gasteiger partial charge < -0.3 is 44.2 Å². The van der Waals surface area contributed by atoms with Gasteiger partial charge in [-0.2, -0.15) is 0 Å². The quantitative estimate of drug-likeness (QED) is 0.170. The normalized spacial score (nSPS) is 23.8. The van der Waals surface area contributed by atoms with Gasteiger partial charge in [-0.15, -0.1) is 0 Å². The molecule has 3 aromatic rings. The number of carbonyl (C=O) groups is 2. The number of rotatable bonds is 6. The molecule has 1 saturated heterocycles. The van der Waals surface area contributed by atoms with Crippen molar-refractivity contribution in [3.8, 4) is 22.6 Å². The van der Waals surface area contributed by atoms with Gasteiger partial charge in [-0.25, -0.2) is 0 Å². The van der Waals surface area contributed by atoms with Crippen LogP contribution >= 0.6 is 0 Å². The van der Waals surface area contributed by atoms with Crippen LogP contribution in [0.15, 0.2) is 57.9 Å². The van der Waals surface area contributed by atoms with Gasteiger partial charge in [0.1, 0.15) is 54.2 Å². The van der Waals surface area contributed by atoms with E-state index in [0.29, 0.717) is 5.56 Å². The molecule has 1 aliphatic heterocycles. The van der Waals surface area contributed by atoms with Gasteiger partial charge in [0.15, 0.2) is 5.43 Å². The molecule has 2 aromatic carbocycles. The predicted octanol–water partition coefficient (Wildman–Crippen LogP) is -0.196. The van der Waals surface area contributed by atoms with Crippen molar-refractivity contribution in [3.63, 3.8) is 0 Å². The van der Waals surface area contributed by atoms with Crippen LogP contribution in [0.25, 0.3) is 22.1 Å². The molecule has 0 unspecified atom stereocenters. The second-order valence-corrected chi connectivity index (χ2v) is 8.02. The fourth-order valence-corrected chi connectivity index (χ4v) is 3.63. The zero-order chi connectivity index (χ0) is 26.0. The molecule has 12 nitrogen and oxygen atoms in total. The molecule has 5 N–H and O–H groups in total. The highest BCUT2D eigenvalue weighted by atomic mass is 16.7. The first-order valence-electron chi connectivity index (χ1n) is 10.7. The second kappa shape index (κ2) is 10.4. The Hall–Kier alpha value is -3.81. The lowest BCUT2D eigenvalue weighted by molar-refractivity contribution is -0.292. The first-order chi connectivity index (χ1) is 17.2. The van der Waals surface area contributed by atoms with Crippen molar-refractivity contribution >= 4 is 22.9 Å². The number of fused-ring (bicyclic) bond motifs is 1. The Morgan fingerprint density at radius 3 is 2.36 bits per heavy atom. The van der Waals surface area contributed by atoms with Crippen molar-refractivity contribution in [1.82, 2.24) is 0 Å². The van der Waals surface area contributed by atoms with Crippen LogP contribution in [0.2, 0.25) is 0 Å². The molecule has 1 fully saturated rings. The third-order valence-corrected chi connectivity index (χ3v) is 5.54. The second-order valence-electron chi connectivity index (χ2n) is 8.02.